The van der Waals surface area contributed by atoms with Crippen LogP contribution in [0.25, 0.3) is 33.7 Å². The molecule has 0 aliphatic rings. The summed E-state index contributed by atoms with van der Waals surface area (Å²) >= 11 is 0.899. The summed E-state index contributed by atoms with van der Waals surface area (Å²) in [6.07, 6.45) is 0. The predicted molar refractivity (Wildman–Crippen MR) is 112 cm³/mol. The minimum Gasteiger partial charge on any atom is -0.436 e. The van der Waals surface area contributed by atoms with Crippen molar-refractivity contribution in [2.24, 2.45) is 0 Å². The lowest BCUT2D eigenvalue weighted by Crippen LogP contribution is -2.13. The molecule has 28 heavy (non-hydrogen) atoms. The highest BCUT2D eigenvalue weighted by atomic mass is 32.2. The molecule has 0 spiro atoms. The molecule has 136 valence electrons. The van der Waals surface area contributed by atoms with Crippen LogP contribution in [0, 0.1) is 10.7 Å². The highest BCUT2D eigenvalue weighted by molar-refractivity contribution is 8.04. The molecule has 0 aliphatic heterocycles. The monoisotopic (exact) mass is 385 g/mol. The van der Waals surface area contributed by atoms with E-state index >= 15 is 0 Å². The van der Waals surface area contributed by atoms with Crippen LogP contribution in [0.5, 0.6) is 0 Å². The van der Waals surface area contributed by atoms with Crippen molar-refractivity contribution in [2.75, 3.05) is 11.1 Å². The van der Waals surface area contributed by atoms with E-state index in [2.05, 4.69) is 22.4 Å². The van der Waals surface area contributed by atoms with Crippen LogP contribution in [0.2, 0.25) is 0 Å². The van der Waals surface area contributed by atoms with E-state index in [1.807, 2.05) is 47.9 Å². The Hall–Kier alpha value is -3.56. The number of carbonyl (C=O) groups excluding carboxylic acids is 1. The first-order valence-corrected chi connectivity index (χ1v) is 9.59. The number of hydrogen-bond acceptors (Lipinski definition) is 5. The van der Waals surface area contributed by atoms with Gasteiger partial charge in [-0.15, -0.1) is 0 Å². The first kappa shape index (κ1) is 17.8. The van der Waals surface area contributed by atoms with E-state index in [0.29, 0.717) is 22.7 Å². The van der Waals surface area contributed by atoms with Gasteiger partial charge in [-0.1, -0.05) is 42.5 Å². The summed E-state index contributed by atoms with van der Waals surface area (Å²) < 4.78 is 5.85. The van der Waals surface area contributed by atoms with Crippen LogP contribution >= 0.6 is 11.8 Å². The maximum absolute atomic E-state index is 11.8. The second-order valence-corrected chi connectivity index (χ2v) is 6.83. The van der Waals surface area contributed by atoms with Crippen molar-refractivity contribution in [3.05, 3.63) is 72.8 Å². The zero-order chi connectivity index (χ0) is 19.3. The third kappa shape index (κ3) is 3.90. The Morgan fingerprint density at radius 1 is 1.00 bits per heavy atom. The number of aromatic nitrogens is 1. The fourth-order valence-electron chi connectivity index (χ4n) is 2.86. The lowest BCUT2D eigenvalue weighted by Gasteiger charge is -2.02. The number of rotatable bonds is 5. The van der Waals surface area contributed by atoms with Crippen LogP contribution in [0.3, 0.4) is 0 Å². The molecule has 3 aromatic carbocycles. The Morgan fingerprint density at radius 3 is 2.46 bits per heavy atom. The molecular formula is C22H15N3O2S. The van der Waals surface area contributed by atoms with E-state index < -0.39 is 0 Å². The molecule has 1 N–H and O–H groups in total. The number of oxazole rings is 1. The molecule has 4 aromatic rings. The molecule has 6 heteroatoms. The average Bonchev–Trinajstić information content (AvgIpc) is 3.16. The van der Waals surface area contributed by atoms with Crippen molar-refractivity contribution < 1.29 is 9.21 Å². The summed E-state index contributed by atoms with van der Waals surface area (Å²) in [5.74, 6) is 0.385. The zero-order valence-corrected chi connectivity index (χ0v) is 15.6. The van der Waals surface area contributed by atoms with E-state index in [4.69, 9.17) is 9.68 Å². The Labute approximate surface area is 166 Å². The van der Waals surface area contributed by atoms with Crippen LogP contribution in [0.15, 0.2) is 77.2 Å². The van der Waals surface area contributed by atoms with Gasteiger partial charge in [0.1, 0.15) is 10.9 Å². The standard InChI is InChI=1S/C22H15N3O2S/c23-14-28-13-21(26)24-18-10-11-20-19(12-18)25-22(27-20)17-8-6-16(7-9-17)15-4-2-1-3-5-15/h1-12H,13H2,(H,24,26). The molecule has 0 fully saturated rings. The zero-order valence-electron chi connectivity index (χ0n) is 14.8. The fraction of sp³-hybridized carbons (Fsp3) is 0.0455. The van der Waals surface area contributed by atoms with Gasteiger partial charge in [0.15, 0.2) is 5.58 Å². The van der Waals surface area contributed by atoms with Gasteiger partial charge in [0.05, 0.1) is 5.75 Å². The molecule has 0 bridgehead atoms. The maximum atomic E-state index is 11.8. The van der Waals surface area contributed by atoms with Crippen molar-refractivity contribution in [1.82, 2.24) is 4.98 Å². The van der Waals surface area contributed by atoms with E-state index in [-0.39, 0.29) is 11.7 Å². The van der Waals surface area contributed by atoms with E-state index in [9.17, 15) is 4.79 Å². The molecule has 5 nitrogen and oxygen atoms in total. The molecule has 0 saturated heterocycles. The first-order chi connectivity index (χ1) is 13.7. The molecule has 1 heterocycles. The van der Waals surface area contributed by atoms with E-state index in [0.717, 1.165) is 28.5 Å². The number of carbonyl (C=O) groups is 1. The highest BCUT2D eigenvalue weighted by Gasteiger charge is 2.10. The van der Waals surface area contributed by atoms with Crippen LogP contribution in [-0.2, 0) is 4.79 Å². The SMILES string of the molecule is N#CSCC(=O)Nc1ccc2oc(-c3ccc(-c4ccccc4)cc3)nc2c1. The Bertz CT molecular complexity index is 1160. The minimum absolute atomic E-state index is 0.0896. The summed E-state index contributed by atoms with van der Waals surface area (Å²) in [5.41, 5.74) is 5.09. The Balaban J connectivity index is 1.56. The third-order valence-electron chi connectivity index (χ3n) is 4.18. The topological polar surface area (TPSA) is 78.9 Å². The quantitative estimate of drug-likeness (QED) is 0.471. The van der Waals surface area contributed by atoms with Crippen molar-refractivity contribution in [3.63, 3.8) is 0 Å². The summed E-state index contributed by atoms with van der Waals surface area (Å²) in [4.78, 5) is 16.3. The van der Waals surface area contributed by atoms with Gasteiger partial charge in [-0.25, -0.2) is 4.98 Å². The second-order valence-electron chi connectivity index (χ2n) is 6.07. The molecule has 0 unspecified atom stereocenters. The number of nitrogens with one attached hydrogen (secondary N) is 1. The van der Waals surface area contributed by atoms with Gasteiger partial charge in [-0.05, 0) is 53.2 Å². The Morgan fingerprint density at radius 2 is 1.71 bits per heavy atom. The number of fused-ring (bicyclic) bond motifs is 1. The number of thiocyanates is 1. The third-order valence-corrected chi connectivity index (χ3v) is 4.71. The second kappa shape index (κ2) is 7.99. The van der Waals surface area contributed by atoms with Gasteiger partial charge in [0, 0.05) is 11.3 Å². The van der Waals surface area contributed by atoms with Gasteiger partial charge < -0.3 is 9.73 Å². The van der Waals surface area contributed by atoms with Crippen molar-refractivity contribution >= 4 is 34.5 Å². The van der Waals surface area contributed by atoms with E-state index in [1.54, 1.807) is 18.2 Å². The average molecular weight is 385 g/mol. The number of thioether (sulfide) groups is 1. The summed E-state index contributed by atoms with van der Waals surface area (Å²) in [6.45, 7) is 0. The minimum atomic E-state index is -0.230. The number of benzene rings is 3. The van der Waals surface area contributed by atoms with Crippen LogP contribution < -0.4 is 5.32 Å². The van der Waals surface area contributed by atoms with Gasteiger partial charge >= 0.3 is 0 Å². The molecule has 0 saturated carbocycles. The lowest BCUT2D eigenvalue weighted by molar-refractivity contribution is -0.113. The lowest BCUT2D eigenvalue weighted by atomic mass is 10.0. The summed E-state index contributed by atoms with van der Waals surface area (Å²) in [6, 6.07) is 23.5. The van der Waals surface area contributed by atoms with Gasteiger partial charge in [-0.3, -0.25) is 4.79 Å². The molecule has 0 aliphatic carbocycles. The van der Waals surface area contributed by atoms with E-state index in [1.165, 1.54) is 0 Å². The number of nitrogens with zero attached hydrogens (tertiary/aromatic N) is 2. The molecule has 0 atom stereocenters. The van der Waals surface area contributed by atoms with Gasteiger partial charge in [0.25, 0.3) is 0 Å². The molecule has 0 radical (unpaired) electrons. The van der Waals surface area contributed by atoms with Crippen LogP contribution in [-0.4, -0.2) is 16.6 Å². The Kier molecular flexibility index (Phi) is 5.09. The molecule has 4 rings (SSSR count). The largest absolute Gasteiger partial charge is 0.436 e. The molecule has 1 aromatic heterocycles. The first-order valence-electron chi connectivity index (χ1n) is 8.60. The number of anilines is 1. The van der Waals surface area contributed by atoms with Crippen LogP contribution in [0.1, 0.15) is 0 Å². The highest BCUT2D eigenvalue weighted by Crippen LogP contribution is 2.28. The van der Waals surface area contributed by atoms with Crippen molar-refractivity contribution in [1.29, 1.82) is 5.26 Å². The van der Waals surface area contributed by atoms with Gasteiger partial charge in [-0.2, -0.15) is 5.26 Å². The van der Waals surface area contributed by atoms with Crippen molar-refractivity contribution in [2.45, 2.75) is 0 Å². The number of nitriles is 1. The summed E-state index contributed by atoms with van der Waals surface area (Å²) in [5, 5.41) is 13.2. The van der Waals surface area contributed by atoms with Crippen LogP contribution in [0.4, 0.5) is 5.69 Å². The molecule has 1 amide bonds. The maximum Gasteiger partial charge on any atom is 0.235 e. The number of amides is 1. The van der Waals surface area contributed by atoms with Gasteiger partial charge in [0.2, 0.25) is 11.8 Å². The normalized spacial score (nSPS) is 10.5. The van der Waals surface area contributed by atoms with Crippen molar-refractivity contribution in [3.8, 4) is 28.0 Å². The fourth-order valence-corrected chi connectivity index (χ4v) is 3.13. The molecular weight excluding hydrogens is 370 g/mol. The number of hydrogen-bond donors (Lipinski definition) is 1. The summed E-state index contributed by atoms with van der Waals surface area (Å²) in [7, 11) is 0. The predicted octanol–water partition coefficient (Wildman–Crippen LogP) is 5.31. The smallest absolute Gasteiger partial charge is 0.235 e.